The van der Waals surface area contributed by atoms with Crippen molar-refractivity contribution in [2.75, 3.05) is 0 Å². The lowest BCUT2D eigenvalue weighted by Gasteiger charge is -2.12. The second kappa shape index (κ2) is 5.41. The fourth-order valence-corrected chi connectivity index (χ4v) is 2.09. The number of aromatic hydroxyl groups is 6. The summed E-state index contributed by atoms with van der Waals surface area (Å²) in [7, 11) is 0. The number of rotatable bonds is 3. The molecule has 23 heavy (non-hydrogen) atoms. The van der Waals surface area contributed by atoms with Gasteiger partial charge < -0.3 is 30.6 Å². The first-order chi connectivity index (χ1) is 10.6. The number of carbonyl (C=O) groups is 2. The smallest absolute Gasteiger partial charge is 0.200 e. The maximum absolute atomic E-state index is 12.4. The number of carbonyl (C=O) groups excluding carboxylic acids is 2. The van der Waals surface area contributed by atoms with Crippen molar-refractivity contribution < 1.29 is 40.2 Å². The number of hydrogen-bond donors (Lipinski definition) is 6. The molecule has 0 saturated heterocycles. The van der Waals surface area contributed by atoms with Gasteiger partial charge in [-0.3, -0.25) is 9.59 Å². The number of hydrogen-bond acceptors (Lipinski definition) is 8. The Morgan fingerprint density at radius 3 is 1.65 bits per heavy atom. The molecule has 0 unspecified atom stereocenters. The highest BCUT2D eigenvalue weighted by molar-refractivity contribution is 6.15. The van der Waals surface area contributed by atoms with E-state index in [2.05, 4.69) is 0 Å². The summed E-state index contributed by atoms with van der Waals surface area (Å²) in [5.41, 5.74) is -1.63. The molecule has 0 aliphatic heterocycles. The SMILES string of the molecule is CC(=O)c1c(O)cc(O)c(C(=O)c2cc(O)c(O)c(O)c2)c1O. The number of phenols is 6. The monoisotopic (exact) mass is 320 g/mol. The van der Waals surface area contributed by atoms with Crippen molar-refractivity contribution in [1.29, 1.82) is 0 Å². The van der Waals surface area contributed by atoms with E-state index in [0.717, 1.165) is 19.1 Å². The Morgan fingerprint density at radius 2 is 1.17 bits per heavy atom. The third-order valence-electron chi connectivity index (χ3n) is 3.17. The van der Waals surface area contributed by atoms with Crippen LogP contribution in [0.15, 0.2) is 18.2 Å². The molecule has 0 spiro atoms. The van der Waals surface area contributed by atoms with Gasteiger partial charge in [0.2, 0.25) is 5.78 Å². The van der Waals surface area contributed by atoms with Crippen molar-refractivity contribution in [3.63, 3.8) is 0 Å². The summed E-state index contributed by atoms with van der Waals surface area (Å²) in [6.45, 7) is 1.04. The lowest BCUT2D eigenvalue weighted by Crippen LogP contribution is -2.06. The first-order valence-corrected chi connectivity index (χ1v) is 6.23. The Kier molecular flexibility index (Phi) is 3.75. The number of benzene rings is 2. The first kappa shape index (κ1) is 16.0. The fourth-order valence-electron chi connectivity index (χ4n) is 2.09. The molecule has 6 N–H and O–H groups in total. The summed E-state index contributed by atoms with van der Waals surface area (Å²) >= 11 is 0. The van der Waals surface area contributed by atoms with E-state index in [0.29, 0.717) is 6.07 Å². The van der Waals surface area contributed by atoms with E-state index in [1.54, 1.807) is 0 Å². The van der Waals surface area contributed by atoms with Crippen LogP contribution in [0.25, 0.3) is 0 Å². The van der Waals surface area contributed by atoms with E-state index in [1.807, 2.05) is 0 Å². The van der Waals surface area contributed by atoms with E-state index >= 15 is 0 Å². The number of ketones is 2. The molecule has 8 heteroatoms. The van der Waals surface area contributed by atoms with Crippen molar-refractivity contribution in [2.45, 2.75) is 6.92 Å². The summed E-state index contributed by atoms with van der Waals surface area (Å²) in [5, 5.41) is 57.5. The molecule has 0 radical (unpaired) electrons. The Balaban J connectivity index is 2.69. The molecule has 120 valence electrons. The molecule has 0 aliphatic rings. The molecule has 0 bridgehead atoms. The van der Waals surface area contributed by atoms with Crippen molar-refractivity contribution in [1.82, 2.24) is 0 Å². The van der Waals surface area contributed by atoms with Crippen molar-refractivity contribution in [2.24, 2.45) is 0 Å². The van der Waals surface area contributed by atoms with Gasteiger partial charge in [0.15, 0.2) is 23.0 Å². The number of Topliss-reactive ketones (excluding diaryl/α,β-unsaturated/α-hetero) is 1. The first-order valence-electron chi connectivity index (χ1n) is 6.23. The lowest BCUT2D eigenvalue weighted by molar-refractivity contribution is 0.101. The van der Waals surface area contributed by atoms with Gasteiger partial charge in [-0.2, -0.15) is 0 Å². The van der Waals surface area contributed by atoms with Gasteiger partial charge >= 0.3 is 0 Å². The molecule has 2 aromatic rings. The van der Waals surface area contributed by atoms with Crippen LogP contribution in [0.3, 0.4) is 0 Å². The minimum absolute atomic E-state index is 0.372. The minimum Gasteiger partial charge on any atom is -0.507 e. The Bertz CT molecular complexity index is 815. The summed E-state index contributed by atoms with van der Waals surface area (Å²) < 4.78 is 0. The standard InChI is InChI=1S/C15H12O8/c1-5(16)11-7(17)4-8(18)12(15(11)23)13(21)6-2-9(19)14(22)10(20)3-6/h2-4,17-20,22-23H,1H3. The van der Waals surface area contributed by atoms with E-state index in [1.165, 1.54) is 0 Å². The van der Waals surface area contributed by atoms with Gasteiger partial charge in [-0.05, 0) is 19.1 Å². The molecule has 2 rings (SSSR count). The summed E-state index contributed by atoms with van der Waals surface area (Å²) in [6.07, 6.45) is 0. The molecule has 0 aliphatic carbocycles. The van der Waals surface area contributed by atoms with Crippen LogP contribution >= 0.6 is 0 Å². The molecular formula is C15H12O8. The van der Waals surface area contributed by atoms with Crippen LogP contribution < -0.4 is 0 Å². The Labute approximate surface area is 129 Å². The summed E-state index contributed by atoms with van der Waals surface area (Å²) in [6, 6.07) is 2.32. The van der Waals surface area contributed by atoms with Gasteiger partial charge in [-0.15, -0.1) is 0 Å². The van der Waals surface area contributed by atoms with Crippen LogP contribution in [0.4, 0.5) is 0 Å². The predicted molar refractivity (Wildman–Crippen MR) is 76.3 cm³/mol. The molecule has 0 atom stereocenters. The average molecular weight is 320 g/mol. The van der Waals surface area contributed by atoms with E-state index < -0.39 is 57.2 Å². The quantitative estimate of drug-likeness (QED) is 0.365. The van der Waals surface area contributed by atoms with Gasteiger partial charge in [0.1, 0.15) is 28.4 Å². The zero-order valence-electron chi connectivity index (χ0n) is 11.7. The average Bonchev–Trinajstić information content (AvgIpc) is 2.42. The summed E-state index contributed by atoms with van der Waals surface area (Å²) in [5.74, 6) is -6.67. The zero-order valence-corrected chi connectivity index (χ0v) is 11.7. The molecule has 0 saturated carbocycles. The number of phenolic OH excluding ortho intramolecular Hbond substituents is 6. The molecule has 0 heterocycles. The minimum atomic E-state index is -1.05. The van der Waals surface area contributed by atoms with Gasteiger partial charge in [-0.25, -0.2) is 0 Å². The fraction of sp³-hybridized carbons (Fsp3) is 0.0667. The molecule has 0 fully saturated rings. The second-order valence-electron chi connectivity index (χ2n) is 4.76. The molecule has 0 amide bonds. The van der Waals surface area contributed by atoms with Crippen LogP contribution in [-0.4, -0.2) is 42.2 Å². The van der Waals surface area contributed by atoms with Crippen LogP contribution in [0.2, 0.25) is 0 Å². The van der Waals surface area contributed by atoms with Crippen LogP contribution in [-0.2, 0) is 0 Å². The molecular weight excluding hydrogens is 308 g/mol. The lowest BCUT2D eigenvalue weighted by atomic mass is 9.96. The summed E-state index contributed by atoms with van der Waals surface area (Å²) in [4.78, 5) is 23.8. The topological polar surface area (TPSA) is 156 Å². The van der Waals surface area contributed by atoms with Crippen molar-refractivity contribution in [3.05, 3.63) is 34.9 Å². The Hall–Kier alpha value is -3.42. The molecule has 0 aromatic heterocycles. The maximum Gasteiger partial charge on any atom is 0.200 e. The molecule has 8 nitrogen and oxygen atoms in total. The van der Waals surface area contributed by atoms with Crippen molar-refractivity contribution in [3.8, 4) is 34.5 Å². The van der Waals surface area contributed by atoms with E-state index in [9.17, 15) is 40.2 Å². The van der Waals surface area contributed by atoms with E-state index in [4.69, 9.17) is 0 Å². The van der Waals surface area contributed by atoms with Crippen LogP contribution in [0.1, 0.15) is 33.2 Å². The normalized spacial score (nSPS) is 10.5. The van der Waals surface area contributed by atoms with Crippen LogP contribution in [0, 0.1) is 0 Å². The van der Waals surface area contributed by atoms with E-state index in [-0.39, 0.29) is 5.56 Å². The van der Waals surface area contributed by atoms with Crippen molar-refractivity contribution >= 4 is 11.6 Å². The third-order valence-corrected chi connectivity index (χ3v) is 3.17. The van der Waals surface area contributed by atoms with Gasteiger partial charge in [-0.1, -0.05) is 0 Å². The van der Waals surface area contributed by atoms with Gasteiger partial charge in [0, 0.05) is 11.6 Å². The highest BCUT2D eigenvalue weighted by Gasteiger charge is 2.26. The van der Waals surface area contributed by atoms with Gasteiger partial charge in [0.05, 0.1) is 0 Å². The molecule has 2 aromatic carbocycles. The zero-order chi connectivity index (χ0) is 17.5. The highest BCUT2D eigenvalue weighted by atomic mass is 16.3. The maximum atomic E-state index is 12.4. The third kappa shape index (κ3) is 2.57. The largest absolute Gasteiger partial charge is 0.507 e. The predicted octanol–water partition coefficient (Wildman–Crippen LogP) is 1.35. The Morgan fingerprint density at radius 1 is 0.696 bits per heavy atom. The van der Waals surface area contributed by atoms with Gasteiger partial charge in [0.25, 0.3) is 0 Å². The second-order valence-corrected chi connectivity index (χ2v) is 4.76. The van der Waals surface area contributed by atoms with Crippen LogP contribution in [0.5, 0.6) is 34.5 Å². The highest BCUT2D eigenvalue weighted by Crippen LogP contribution is 2.41.